The Labute approximate surface area is 109 Å². The first kappa shape index (κ1) is 16.7. The van der Waals surface area contributed by atoms with Gasteiger partial charge >= 0.3 is 12.0 Å². The Balaban J connectivity index is 3.96. The molecule has 0 aromatic rings. The van der Waals surface area contributed by atoms with E-state index in [0.717, 1.165) is 6.54 Å². The number of nitrogens with one attached hydrogen (secondary N) is 2. The molecule has 0 saturated heterocycles. The van der Waals surface area contributed by atoms with E-state index < -0.39 is 18.0 Å². The minimum atomic E-state index is -1.05. The van der Waals surface area contributed by atoms with Crippen molar-refractivity contribution in [2.24, 2.45) is 0 Å². The van der Waals surface area contributed by atoms with E-state index in [1.165, 1.54) is 6.92 Å². The predicted octanol–water partition coefficient (Wildman–Crippen LogP) is 0.878. The van der Waals surface area contributed by atoms with Gasteiger partial charge in [-0.3, -0.25) is 9.69 Å². The quantitative estimate of drug-likeness (QED) is 0.634. The second-order valence-electron chi connectivity index (χ2n) is 4.89. The average molecular weight is 259 g/mol. The average Bonchev–Trinajstić information content (AvgIpc) is 2.22. The summed E-state index contributed by atoms with van der Waals surface area (Å²) in [6.07, 6.45) is 0. The number of hydrogen-bond acceptors (Lipinski definition) is 3. The Kier molecular flexibility index (Phi) is 7.35. The Bertz CT molecular complexity index is 272. The van der Waals surface area contributed by atoms with Crippen LogP contribution in [-0.4, -0.2) is 53.2 Å². The Morgan fingerprint density at radius 1 is 1.11 bits per heavy atom. The molecule has 2 amide bonds. The fourth-order valence-corrected chi connectivity index (χ4v) is 1.72. The molecule has 0 spiro atoms. The van der Waals surface area contributed by atoms with Crippen LogP contribution in [0.1, 0.15) is 34.6 Å². The van der Waals surface area contributed by atoms with Crippen LogP contribution in [0.25, 0.3) is 0 Å². The molecule has 18 heavy (non-hydrogen) atoms. The maximum absolute atomic E-state index is 11.4. The molecule has 0 aromatic carbocycles. The number of nitrogens with zero attached hydrogens (tertiary/aromatic N) is 1. The molecule has 1 atom stereocenters. The first-order chi connectivity index (χ1) is 8.25. The van der Waals surface area contributed by atoms with Gasteiger partial charge in [0.1, 0.15) is 6.04 Å². The molecule has 0 radical (unpaired) electrons. The standard InChI is InChI=1S/C12H25N3O3/c1-8(2)15(9(3)4)7-6-13-12(18)14-10(5)11(16)17/h8-10H,6-7H2,1-5H3,(H,16,17)(H2,13,14,18)/t10-/m0/s1. The van der Waals surface area contributed by atoms with Crippen molar-refractivity contribution in [3.05, 3.63) is 0 Å². The normalized spacial score (nSPS) is 12.9. The number of carboxylic acid groups (broad SMARTS) is 1. The fourth-order valence-electron chi connectivity index (χ4n) is 1.72. The highest BCUT2D eigenvalue weighted by molar-refractivity contribution is 5.82. The second kappa shape index (κ2) is 7.92. The van der Waals surface area contributed by atoms with Crippen LogP contribution in [-0.2, 0) is 4.79 Å². The van der Waals surface area contributed by atoms with E-state index in [-0.39, 0.29) is 0 Å². The zero-order valence-corrected chi connectivity index (χ0v) is 11.9. The second-order valence-corrected chi connectivity index (χ2v) is 4.89. The Morgan fingerprint density at radius 3 is 2.00 bits per heavy atom. The van der Waals surface area contributed by atoms with Crippen LogP contribution in [0.15, 0.2) is 0 Å². The topological polar surface area (TPSA) is 81.7 Å². The van der Waals surface area contributed by atoms with Gasteiger partial charge < -0.3 is 15.7 Å². The summed E-state index contributed by atoms with van der Waals surface area (Å²) in [5.41, 5.74) is 0. The van der Waals surface area contributed by atoms with Crippen LogP contribution < -0.4 is 10.6 Å². The van der Waals surface area contributed by atoms with Crippen LogP contribution in [0.2, 0.25) is 0 Å². The fraction of sp³-hybridized carbons (Fsp3) is 0.833. The van der Waals surface area contributed by atoms with Crippen LogP contribution in [0.5, 0.6) is 0 Å². The molecular formula is C12H25N3O3. The zero-order chi connectivity index (χ0) is 14.3. The molecule has 0 unspecified atom stereocenters. The van der Waals surface area contributed by atoms with E-state index >= 15 is 0 Å². The lowest BCUT2D eigenvalue weighted by molar-refractivity contribution is -0.138. The molecule has 0 fully saturated rings. The van der Waals surface area contributed by atoms with Gasteiger partial charge in [-0.05, 0) is 34.6 Å². The van der Waals surface area contributed by atoms with Gasteiger partial charge in [-0.1, -0.05) is 0 Å². The van der Waals surface area contributed by atoms with Crippen molar-refractivity contribution in [3.63, 3.8) is 0 Å². The summed E-state index contributed by atoms with van der Waals surface area (Å²) in [5, 5.41) is 13.6. The van der Waals surface area contributed by atoms with Gasteiger partial charge in [0.15, 0.2) is 0 Å². The number of amides is 2. The lowest BCUT2D eigenvalue weighted by atomic mass is 10.2. The molecule has 0 aliphatic carbocycles. The van der Waals surface area contributed by atoms with Gasteiger partial charge in [-0.25, -0.2) is 4.79 Å². The molecule has 106 valence electrons. The number of carbonyl (C=O) groups is 2. The third kappa shape index (κ3) is 6.44. The highest BCUT2D eigenvalue weighted by Gasteiger charge is 2.15. The molecular weight excluding hydrogens is 234 g/mol. The monoisotopic (exact) mass is 259 g/mol. The summed E-state index contributed by atoms with van der Waals surface area (Å²) in [6, 6.07) is -0.505. The van der Waals surface area contributed by atoms with Crippen molar-refractivity contribution in [2.75, 3.05) is 13.1 Å². The third-order valence-corrected chi connectivity index (χ3v) is 2.70. The largest absolute Gasteiger partial charge is 0.480 e. The van der Waals surface area contributed by atoms with Gasteiger partial charge in [-0.15, -0.1) is 0 Å². The molecule has 3 N–H and O–H groups in total. The van der Waals surface area contributed by atoms with Crippen molar-refractivity contribution < 1.29 is 14.7 Å². The highest BCUT2D eigenvalue weighted by Crippen LogP contribution is 2.03. The van der Waals surface area contributed by atoms with Crippen molar-refractivity contribution in [3.8, 4) is 0 Å². The minimum Gasteiger partial charge on any atom is -0.480 e. The van der Waals surface area contributed by atoms with Crippen LogP contribution in [0.3, 0.4) is 0 Å². The third-order valence-electron chi connectivity index (χ3n) is 2.70. The molecule has 0 aliphatic heterocycles. The summed E-state index contributed by atoms with van der Waals surface area (Å²) < 4.78 is 0. The molecule has 0 bridgehead atoms. The summed E-state index contributed by atoms with van der Waals surface area (Å²) in [5.74, 6) is -1.05. The number of carboxylic acids is 1. The van der Waals surface area contributed by atoms with E-state index in [9.17, 15) is 9.59 Å². The maximum Gasteiger partial charge on any atom is 0.325 e. The summed E-state index contributed by atoms with van der Waals surface area (Å²) in [6.45, 7) is 11.1. The Hall–Kier alpha value is -1.30. The molecule has 0 aliphatic rings. The van der Waals surface area contributed by atoms with E-state index in [4.69, 9.17) is 5.11 Å². The maximum atomic E-state index is 11.4. The predicted molar refractivity (Wildman–Crippen MR) is 70.6 cm³/mol. The molecule has 0 heterocycles. The van der Waals surface area contributed by atoms with E-state index in [1.54, 1.807) is 0 Å². The van der Waals surface area contributed by atoms with E-state index in [2.05, 4.69) is 43.2 Å². The van der Waals surface area contributed by atoms with Crippen molar-refractivity contribution in [1.82, 2.24) is 15.5 Å². The molecule has 6 heteroatoms. The highest BCUT2D eigenvalue weighted by atomic mass is 16.4. The van der Waals surface area contributed by atoms with Gasteiger partial charge in [0.25, 0.3) is 0 Å². The van der Waals surface area contributed by atoms with E-state index in [1.807, 2.05) is 0 Å². The van der Waals surface area contributed by atoms with Gasteiger partial charge in [-0.2, -0.15) is 0 Å². The summed E-state index contributed by atoms with van der Waals surface area (Å²) in [7, 11) is 0. The smallest absolute Gasteiger partial charge is 0.325 e. The lowest BCUT2D eigenvalue weighted by Gasteiger charge is -2.30. The SMILES string of the molecule is CC(C)N(CCNC(=O)N[C@@H](C)C(=O)O)C(C)C. The van der Waals surface area contributed by atoms with Crippen molar-refractivity contribution in [2.45, 2.75) is 52.7 Å². The lowest BCUT2D eigenvalue weighted by Crippen LogP contribution is -2.47. The summed E-state index contributed by atoms with van der Waals surface area (Å²) in [4.78, 5) is 24.2. The van der Waals surface area contributed by atoms with E-state index in [0.29, 0.717) is 18.6 Å². The van der Waals surface area contributed by atoms with Crippen LogP contribution in [0.4, 0.5) is 4.79 Å². The number of rotatable bonds is 7. The molecule has 0 aromatic heterocycles. The number of aliphatic carboxylic acids is 1. The molecule has 6 nitrogen and oxygen atoms in total. The Morgan fingerprint density at radius 2 is 1.61 bits per heavy atom. The number of carbonyl (C=O) groups excluding carboxylic acids is 1. The first-order valence-electron chi connectivity index (χ1n) is 6.28. The van der Waals surface area contributed by atoms with Gasteiger partial charge in [0, 0.05) is 25.2 Å². The van der Waals surface area contributed by atoms with Crippen LogP contribution >= 0.6 is 0 Å². The number of hydrogen-bond donors (Lipinski definition) is 3. The van der Waals surface area contributed by atoms with Crippen LogP contribution in [0, 0.1) is 0 Å². The molecule has 0 rings (SSSR count). The molecule has 0 saturated carbocycles. The number of urea groups is 1. The first-order valence-corrected chi connectivity index (χ1v) is 6.28. The van der Waals surface area contributed by atoms with Gasteiger partial charge in [0.2, 0.25) is 0 Å². The minimum absolute atomic E-state index is 0.410. The van der Waals surface area contributed by atoms with Gasteiger partial charge in [0.05, 0.1) is 0 Å². The van der Waals surface area contributed by atoms with Crippen molar-refractivity contribution in [1.29, 1.82) is 0 Å². The summed E-state index contributed by atoms with van der Waals surface area (Å²) >= 11 is 0. The van der Waals surface area contributed by atoms with Crippen molar-refractivity contribution >= 4 is 12.0 Å². The zero-order valence-electron chi connectivity index (χ0n) is 11.9.